The SMILES string of the molecule is CC(=CC=C(C)C(C)(C)C)c1nn2ccc(C(=O)N(CCC(C)C)CCC(C)C)cc2c1C=CCN1CCCC1. The third-order valence-electron chi connectivity index (χ3n) is 8.15. The summed E-state index contributed by atoms with van der Waals surface area (Å²) < 4.78 is 1.94. The van der Waals surface area contributed by atoms with E-state index in [9.17, 15) is 4.79 Å². The van der Waals surface area contributed by atoms with Crippen molar-refractivity contribution in [3.05, 3.63) is 59.0 Å². The molecule has 0 aliphatic carbocycles. The highest BCUT2D eigenvalue weighted by atomic mass is 16.2. The summed E-state index contributed by atoms with van der Waals surface area (Å²) in [7, 11) is 0. The van der Waals surface area contributed by atoms with Gasteiger partial charge in [-0.2, -0.15) is 5.10 Å². The van der Waals surface area contributed by atoms with E-state index in [-0.39, 0.29) is 11.3 Å². The molecule has 0 N–H and O–H groups in total. The molecule has 220 valence electrons. The van der Waals surface area contributed by atoms with Crippen molar-refractivity contribution in [2.45, 2.75) is 88.0 Å². The van der Waals surface area contributed by atoms with Crippen LogP contribution in [0.4, 0.5) is 0 Å². The average molecular weight is 547 g/mol. The first-order chi connectivity index (χ1) is 18.9. The number of carbonyl (C=O) groups excluding carboxylic acids is 1. The summed E-state index contributed by atoms with van der Waals surface area (Å²) >= 11 is 0. The fourth-order valence-electron chi connectivity index (χ4n) is 4.84. The minimum Gasteiger partial charge on any atom is -0.339 e. The maximum absolute atomic E-state index is 13.8. The van der Waals surface area contributed by atoms with E-state index in [0.29, 0.717) is 11.8 Å². The van der Waals surface area contributed by atoms with Crippen LogP contribution in [0.15, 0.2) is 42.1 Å². The molecular weight excluding hydrogens is 492 g/mol. The van der Waals surface area contributed by atoms with Crippen LogP contribution in [0, 0.1) is 17.3 Å². The van der Waals surface area contributed by atoms with Crippen molar-refractivity contribution in [3.8, 4) is 0 Å². The van der Waals surface area contributed by atoms with Crippen LogP contribution in [-0.4, -0.2) is 58.0 Å². The molecule has 1 amide bonds. The average Bonchev–Trinajstić information content (AvgIpc) is 3.53. The summed E-state index contributed by atoms with van der Waals surface area (Å²) in [6, 6.07) is 3.99. The van der Waals surface area contributed by atoms with E-state index in [1.165, 1.54) is 31.5 Å². The maximum atomic E-state index is 13.8. The highest BCUT2D eigenvalue weighted by Crippen LogP contribution is 2.28. The summed E-state index contributed by atoms with van der Waals surface area (Å²) in [5.41, 5.74) is 6.35. The van der Waals surface area contributed by atoms with Crippen molar-refractivity contribution in [1.82, 2.24) is 19.4 Å². The topological polar surface area (TPSA) is 40.9 Å². The van der Waals surface area contributed by atoms with Gasteiger partial charge in [-0.15, -0.1) is 0 Å². The Hall–Kier alpha value is -2.66. The van der Waals surface area contributed by atoms with E-state index >= 15 is 0 Å². The predicted molar refractivity (Wildman–Crippen MR) is 172 cm³/mol. The maximum Gasteiger partial charge on any atom is 0.253 e. The van der Waals surface area contributed by atoms with Crippen LogP contribution in [0.25, 0.3) is 17.2 Å². The molecule has 0 spiro atoms. The zero-order valence-corrected chi connectivity index (χ0v) is 26.8. The lowest BCUT2D eigenvalue weighted by molar-refractivity contribution is 0.0741. The van der Waals surface area contributed by atoms with Crippen molar-refractivity contribution in [2.75, 3.05) is 32.7 Å². The molecule has 2 aromatic rings. The Bertz CT molecular complexity index is 1200. The largest absolute Gasteiger partial charge is 0.339 e. The van der Waals surface area contributed by atoms with E-state index in [1.54, 1.807) is 0 Å². The Kier molecular flexibility index (Phi) is 11.4. The second kappa shape index (κ2) is 14.3. The van der Waals surface area contributed by atoms with Crippen LogP contribution in [0.1, 0.15) is 110 Å². The quantitative estimate of drug-likeness (QED) is 0.251. The van der Waals surface area contributed by atoms with Gasteiger partial charge in [-0.05, 0) is 87.6 Å². The Morgan fingerprint density at radius 2 is 1.65 bits per heavy atom. The van der Waals surface area contributed by atoms with Crippen molar-refractivity contribution in [3.63, 3.8) is 0 Å². The van der Waals surface area contributed by atoms with Crippen LogP contribution in [0.3, 0.4) is 0 Å². The van der Waals surface area contributed by atoms with E-state index < -0.39 is 0 Å². The molecule has 1 fully saturated rings. The molecular formula is C35H54N4O. The van der Waals surface area contributed by atoms with E-state index in [1.807, 2.05) is 16.8 Å². The number of allylic oxidation sites excluding steroid dienone is 4. The van der Waals surface area contributed by atoms with Gasteiger partial charge in [0.1, 0.15) is 0 Å². The van der Waals surface area contributed by atoms with Crippen molar-refractivity contribution in [2.24, 2.45) is 17.3 Å². The van der Waals surface area contributed by atoms with Gasteiger partial charge in [0, 0.05) is 37.0 Å². The molecule has 2 aromatic heterocycles. The number of carbonyl (C=O) groups is 1. The van der Waals surface area contributed by atoms with Gasteiger partial charge in [0.05, 0.1) is 11.2 Å². The molecule has 3 heterocycles. The lowest BCUT2D eigenvalue weighted by Gasteiger charge is -2.24. The Morgan fingerprint density at radius 1 is 1.02 bits per heavy atom. The van der Waals surface area contributed by atoms with E-state index in [0.717, 1.165) is 60.4 Å². The van der Waals surface area contributed by atoms with Gasteiger partial charge in [0.15, 0.2) is 0 Å². The first-order valence-corrected chi connectivity index (χ1v) is 15.4. The molecule has 0 unspecified atom stereocenters. The van der Waals surface area contributed by atoms with Gasteiger partial charge in [0.25, 0.3) is 5.91 Å². The lowest BCUT2D eigenvalue weighted by Crippen LogP contribution is -2.34. The number of hydrogen-bond acceptors (Lipinski definition) is 3. The minimum atomic E-state index is 0.120. The molecule has 1 saturated heterocycles. The van der Waals surface area contributed by atoms with Crippen LogP contribution in [0.2, 0.25) is 0 Å². The Morgan fingerprint density at radius 3 is 2.23 bits per heavy atom. The molecule has 0 atom stereocenters. The minimum absolute atomic E-state index is 0.120. The van der Waals surface area contributed by atoms with Crippen molar-refractivity contribution < 1.29 is 4.79 Å². The second-order valence-electron chi connectivity index (χ2n) is 13.5. The van der Waals surface area contributed by atoms with Gasteiger partial charge < -0.3 is 4.90 Å². The number of hydrogen-bond donors (Lipinski definition) is 0. The number of rotatable bonds is 12. The first kappa shape index (κ1) is 31.9. The molecule has 5 nitrogen and oxygen atoms in total. The van der Waals surface area contributed by atoms with Crippen molar-refractivity contribution in [1.29, 1.82) is 0 Å². The number of amides is 1. The van der Waals surface area contributed by atoms with Gasteiger partial charge in [-0.1, -0.05) is 78.3 Å². The Labute approximate surface area is 244 Å². The molecule has 0 saturated carbocycles. The first-order valence-electron chi connectivity index (χ1n) is 15.4. The summed E-state index contributed by atoms with van der Waals surface area (Å²) in [4.78, 5) is 18.3. The molecule has 0 bridgehead atoms. The predicted octanol–water partition coefficient (Wildman–Crippen LogP) is 8.37. The molecule has 1 aliphatic heterocycles. The summed E-state index contributed by atoms with van der Waals surface area (Å²) in [6.07, 6.45) is 15.4. The van der Waals surface area contributed by atoms with Crippen LogP contribution < -0.4 is 0 Å². The number of fused-ring (bicyclic) bond motifs is 1. The summed E-state index contributed by atoms with van der Waals surface area (Å²) in [5, 5.41) is 5.00. The third kappa shape index (κ3) is 8.92. The zero-order valence-electron chi connectivity index (χ0n) is 26.8. The molecule has 0 aromatic carbocycles. The second-order valence-corrected chi connectivity index (χ2v) is 13.5. The molecule has 1 aliphatic rings. The van der Waals surface area contributed by atoms with Gasteiger partial charge >= 0.3 is 0 Å². The van der Waals surface area contributed by atoms with Gasteiger partial charge in [-0.3, -0.25) is 9.69 Å². The summed E-state index contributed by atoms with van der Waals surface area (Å²) in [6.45, 7) is 24.8. The fraction of sp³-hybridized carbons (Fsp3) is 0.600. The molecule has 5 heteroatoms. The van der Waals surface area contributed by atoms with Crippen LogP contribution in [0.5, 0.6) is 0 Å². The van der Waals surface area contributed by atoms with E-state index in [2.05, 4.69) is 102 Å². The van der Waals surface area contributed by atoms with Crippen LogP contribution >= 0.6 is 0 Å². The zero-order chi connectivity index (χ0) is 29.4. The molecule has 0 radical (unpaired) electrons. The standard InChI is InChI=1S/C35H54N4O/c1-26(2)16-22-38(23-17-27(3)4)34(40)30-18-24-39-32(25-30)31(13-12-21-37-19-10-11-20-37)33(36-39)28(5)14-15-29(6)35(7,8)9/h12-15,18,24-27H,10-11,16-17,19-23H2,1-9H3. The molecule has 40 heavy (non-hydrogen) atoms. The number of likely N-dealkylation sites (tertiary alicyclic amines) is 1. The highest BCUT2D eigenvalue weighted by molar-refractivity contribution is 5.96. The fourth-order valence-corrected chi connectivity index (χ4v) is 4.84. The number of nitrogens with zero attached hydrogens (tertiary/aromatic N) is 4. The third-order valence-corrected chi connectivity index (χ3v) is 8.15. The van der Waals surface area contributed by atoms with Gasteiger partial charge in [-0.25, -0.2) is 4.52 Å². The lowest BCUT2D eigenvalue weighted by atomic mass is 9.87. The van der Waals surface area contributed by atoms with Crippen LogP contribution in [-0.2, 0) is 0 Å². The number of pyridine rings is 1. The monoisotopic (exact) mass is 546 g/mol. The highest BCUT2D eigenvalue weighted by Gasteiger charge is 2.20. The Balaban J connectivity index is 2.02. The number of aromatic nitrogens is 2. The molecule has 3 rings (SSSR count). The normalized spacial score (nSPS) is 15.9. The van der Waals surface area contributed by atoms with Crippen molar-refractivity contribution >= 4 is 23.1 Å². The smallest absolute Gasteiger partial charge is 0.253 e. The van der Waals surface area contributed by atoms with E-state index in [4.69, 9.17) is 5.10 Å². The van der Waals surface area contributed by atoms with Gasteiger partial charge in [0.2, 0.25) is 0 Å². The summed E-state index contributed by atoms with van der Waals surface area (Å²) in [5.74, 6) is 1.24.